The van der Waals surface area contributed by atoms with Gasteiger partial charge in [-0.2, -0.15) is 4.31 Å². The van der Waals surface area contributed by atoms with Crippen molar-refractivity contribution >= 4 is 15.9 Å². The minimum absolute atomic E-state index is 0.157. The van der Waals surface area contributed by atoms with Gasteiger partial charge in [0.05, 0.1) is 4.90 Å². The molecule has 2 atom stereocenters. The Labute approximate surface area is 157 Å². The van der Waals surface area contributed by atoms with Crippen LogP contribution in [0.4, 0.5) is 0 Å². The molecule has 6 heteroatoms. The Hall–Kier alpha value is -1.40. The van der Waals surface area contributed by atoms with Crippen molar-refractivity contribution in [1.82, 2.24) is 9.21 Å². The second kappa shape index (κ2) is 6.64. The Morgan fingerprint density at radius 1 is 0.846 bits per heavy atom. The average Bonchev–Trinajstić information content (AvgIpc) is 3.34. The van der Waals surface area contributed by atoms with Gasteiger partial charge in [-0.15, -0.1) is 0 Å². The summed E-state index contributed by atoms with van der Waals surface area (Å²) >= 11 is 0. The predicted octanol–water partition coefficient (Wildman–Crippen LogP) is 2.72. The van der Waals surface area contributed by atoms with E-state index in [1.54, 1.807) is 4.31 Å². The molecule has 26 heavy (non-hydrogen) atoms. The van der Waals surface area contributed by atoms with Crippen molar-refractivity contribution in [3.05, 3.63) is 27.8 Å². The van der Waals surface area contributed by atoms with Crippen LogP contribution in [0.2, 0.25) is 0 Å². The summed E-state index contributed by atoms with van der Waals surface area (Å²) in [5.41, 5.74) is 4.94. The van der Waals surface area contributed by atoms with E-state index in [0.717, 1.165) is 34.2 Å². The first-order valence-corrected chi connectivity index (χ1v) is 10.9. The first-order valence-electron chi connectivity index (χ1n) is 9.43. The number of sulfonamides is 1. The number of rotatable bonds is 3. The maximum Gasteiger partial charge on any atom is 0.243 e. The molecule has 144 valence electrons. The minimum Gasteiger partial charge on any atom is -0.340 e. The standard InChI is InChI=1S/C20H30N2O3S/c1-12-11-18(12)20(23)21-7-9-22(10-8-21)26(24,25)19-16(5)14(3)13(2)15(4)17(19)6/h12,18H,7-11H2,1-6H3/t12-,18+/m0/s1. The number of carbonyl (C=O) groups is 1. The summed E-state index contributed by atoms with van der Waals surface area (Å²) in [6, 6.07) is 0. The molecule has 0 radical (unpaired) electrons. The molecule has 5 nitrogen and oxygen atoms in total. The van der Waals surface area contributed by atoms with Crippen LogP contribution in [-0.4, -0.2) is 49.7 Å². The van der Waals surface area contributed by atoms with Gasteiger partial charge in [0.2, 0.25) is 15.9 Å². The molecule has 0 unspecified atom stereocenters. The summed E-state index contributed by atoms with van der Waals surface area (Å²) in [5, 5.41) is 0. The van der Waals surface area contributed by atoms with Gasteiger partial charge < -0.3 is 4.90 Å². The van der Waals surface area contributed by atoms with Gasteiger partial charge in [0.25, 0.3) is 0 Å². The Morgan fingerprint density at radius 2 is 1.27 bits per heavy atom. The highest BCUT2D eigenvalue weighted by atomic mass is 32.2. The Bertz CT molecular complexity index is 823. The topological polar surface area (TPSA) is 57.7 Å². The van der Waals surface area contributed by atoms with Crippen LogP contribution in [0.3, 0.4) is 0 Å². The van der Waals surface area contributed by atoms with Crippen molar-refractivity contribution in [1.29, 1.82) is 0 Å². The van der Waals surface area contributed by atoms with Crippen LogP contribution in [0.15, 0.2) is 4.90 Å². The van der Waals surface area contributed by atoms with Crippen LogP contribution in [-0.2, 0) is 14.8 Å². The molecule has 0 bridgehead atoms. The number of amides is 1. The van der Waals surface area contributed by atoms with Gasteiger partial charge in [-0.25, -0.2) is 8.42 Å². The molecule has 1 heterocycles. The lowest BCUT2D eigenvalue weighted by Gasteiger charge is -2.35. The minimum atomic E-state index is -3.55. The molecule has 0 spiro atoms. The van der Waals surface area contributed by atoms with Gasteiger partial charge >= 0.3 is 0 Å². The first-order chi connectivity index (χ1) is 12.1. The van der Waals surface area contributed by atoms with Crippen LogP contribution < -0.4 is 0 Å². The third-order valence-corrected chi connectivity index (χ3v) is 8.68. The van der Waals surface area contributed by atoms with Gasteiger partial charge in [-0.1, -0.05) is 6.92 Å². The molecule has 1 saturated heterocycles. The highest BCUT2D eigenvalue weighted by molar-refractivity contribution is 7.89. The summed E-state index contributed by atoms with van der Waals surface area (Å²) in [6.07, 6.45) is 0.970. The second-order valence-electron chi connectivity index (χ2n) is 8.00. The van der Waals surface area contributed by atoms with Crippen molar-refractivity contribution in [2.45, 2.75) is 52.9 Å². The number of hydrogen-bond acceptors (Lipinski definition) is 3. The Balaban J connectivity index is 1.84. The number of hydrogen-bond donors (Lipinski definition) is 0. The number of benzene rings is 1. The molecule has 0 N–H and O–H groups in total. The quantitative estimate of drug-likeness (QED) is 0.813. The Kier molecular flexibility index (Phi) is 4.95. The van der Waals surface area contributed by atoms with Crippen molar-refractivity contribution in [2.24, 2.45) is 11.8 Å². The van der Waals surface area contributed by atoms with E-state index in [0.29, 0.717) is 37.0 Å². The Morgan fingerprint density at radius 3 is 1.69 bits per heavy atom. The van der Waals surface area contributed by atoms with E-state index in [2.05, 4.69) is 6.92 Å². The third kappa shape index (κ3) is 3.07. The molecule has 1 amide bonds. The fourth-order valence-corrected chi connectivity index (χ4v) is 6.01. The molecule has 2 fully saturated rings. The maximum absolute atomic E-state index is 13.3. The van der Waals surface area contributed by atoms with Gasteiger partial charge in [-0.3, -0.25) is 4.79 Å². The van der Waals surface area contributed by atoms with E-state index in [4.69, 9.17) is 0 Å². The van der Waals surface area contributed by atoms with Crippen LogP contribution in [0.1, 0.15) is 41.2 Å². The van der Waals surface area contributed by atoms with E-state index in [9.17, 15) is 13.2 Å². The number of carbonyl (C=O) groups excluding carboxylic acids is 1. The molecule has 0 aromatic heterocycles. The first kappa shape index (κ1) is 19.4. The molecule has 1 saturated carbocycles. The molecule has 1 aromatic carbocycles. The normalized spacial score (nSPS) is 24.0. The molecular formula is C20H30N2O3S. The summed E-state index contributed by atoms with van der Waals surface area (Å²) in [6.45, 7) is 13.6. The van der Waals surface area contributed by atoms with Crippen LogP contribution >= 0.6 is 0 Å². The fourth-order valence-electron chi connectivity index (χ4n) is 4.03. The summed E-state index contributed by atoms with van der Waals surface area (Å²) < 4.78 is 28.2. The van der Waals surface area contributed by atoms with Crippen LogP contribution in [0.5, 0.6) is 0 Å². The SMILES string of the molecule is Cc1c(C)c(C)c(S(=O)(=O)N2CCN(C(=O)[C@@H]3C[C@@H]3C)CC2)c(C)c1C. The lowest BCUT2D eigenvalue weighted by molar-refractivity contribution is -0.134. The van der Waals surface area contributed by atoms with E-state index < -0.39 is 10.0 Å². The van der Waals surface area contributed by atoms with Crippen LogP contribution in [0, 0.1) is 46.5 Å². The zero-order valence-electron chi connectivity index (χ0n) is 16.7. The summed E-state index contributed by atoms with van der Waals surface area (Å²) in [4.78, 5) is 14.7. The van der Waals surface area contributed by atoms with E-state index in [-0.39, 0.29) is 11.8 Å². The van der Waals surface area contributed by atoms with Gasteiger partial charge in [0.15, 0.2) is 0 Å². The van der Waals surface area contributed by atoms with Crippen molar-refractivity contribution in [3.8, 4) is 0 Å². The zero-order valence-corrected chi connectivity index (χ0v) is 17.5. The predicted molar refractivity (Wildman–Crippen MR) is 103 cm³/mol. The molecule has 1 aromatic rings. The molecule has 2 aliphatic rings. The number of piperazine rings is 1. The molecular weight excluding hydrogens is 348 g/mol. The second-order valence-corrected chi connectivity index (χ2v) is 9.88. The van der Waals surface area contributed by atoms with Crippen molar-refractivity contribution in [2.75, 3.05) is 26.2 Å². The van der Waals surface area contributed by atoms with Gasteiger partial charge in [-0.05, 0) is 74.8 Å². The highest BCUT2D eigenvalue weighted by Gasteiger charge is 2.43. The van der Waals surface area contributed by atoms with E-state index in [1.165, 1.54) is 0 Å². The van der Waals surface area contributed by atoms with Gasteiger partial charge in [0.1, 0.15) is 0 Å². The lowest BCUT2D eigenvalue weighted by Crippen LogP contribution is -2.51. The van der Waals surface area contributed by atoms with Gasteiger partial charge in [0, 0.05) is 32.1 Å². The monoisotopic (exact) mass is 378 g/mol. The number of nitrogens with zero attached hydrogens (tertiary/aromatic N) is 2. The highest BCUT2D eigenvalue weighted by Crippen LogP contribution is 2.39. The molecule has 1 aliphatic carbocycles. The average molecular weight is 379 g/mol. The summed E-state index contributed by atoms with van der Waals surface area (Å²) in [5.74, 6) is 0.835. The van der Waals surface area contributed by atoms with Crippen LogP contribution in [0.25, 0.3) is 0 Å². The summed E-state index contributed by atoms with van der Waals surface area (Å²) in [7, 11) is -3.55. The lowest BCUT2D eigenvalue weighted by atomic mass is 9.95. The van der Waals surface area contributed by atoms with E-state index in [1.807, 2.05) is 39.5 Å². The fraction of sp³-hybridized carbons (Fsp3) is 0.650. The van der Waals surface area contributed by atoms with E-state index >= 15 is 0 Å². The van der Waals surface area contributed by atoms with Crippen molar-refractivity contribution < 1.29 is 13.2 Å². The largest absolute Gasteiger partial charge is 0.340 e. The maximum atomic E-state index is 13.3. The smallest absolute Gasteiger partial charge is 0.243 e. The molecule has 3 rings (SSSR count). The molecule has 1 aliphatic heterocycles. The van der Waals surface area contributed by atoms with Crippen molar-refractivity contribution in [3.63, 3.8) is 0 Å². The zero-order chi connectivity index (χ0) is 19.4. The third-order valence-electron chi connectivity index (χ3n) is 6.51.